The average Bonchev–Trinajstić information content (AvgIpc) is 3.18. The van der Waals surface area contributed by atoms with Crippen LogP contribution in [0.25, 0.3) is 10.2 Å². The summed E-state index contributed by atoms with van der Waals surface area (Å²) in [6.45, 7) is 5.43. The second-order valence-corrected chi connectivity index (χ2v) is 7.49. The average molecular weight is 430 g/mol. The molecule has 3 rings (SSSR count). The number of amides is 1. The molecule has 2 heterocycles. The number of benzene rings is 1. The molecule has 0 unspecified atom stereocenters. The number of carbonyl (C=O) groups is 1. The fourth-order valence-corrected chi connectivity index (χ4v) is 3.75. The lowest BCUT2D eigenvalue weighted by Gasteiger charge is -2.21. The van der Waals surface area contributed by atoms with Gasteiger partial charge >= 0.3 is 0 Å². The quantitative estimate of drug-likeness (QED) is 0.599. The van der Waals surface area contributed by atoms with E-state index in [9.17, 15) is 13.6 Å². The van der Waals surface area contributed by atoms with E-state index in [2.05, 4.69) is 10.1 Å². The molecule has 0 saturated carbocycles. The van der Waals surface area contributed by atoms with Crippen molar-refractivity contribution in [2.24, 2.45) is 0 Å². The molecule has 0 atom stereocenters. The van der Waals surface area contributed by atoms with Crippen molar-refractivity contribution >= 4 is 45.0 Å². The molecule has 0 aliphatic carbocycles. The highest BCUT2D eigenvalue weighted by atomic mass is 35.5. The van der Waals surface area contributed by atoms with Crippen molar-refractivity contribution in [2.75, 3.05) is 32.1 Å². The van der Waals surface area contributed by atoms with Gasteiger partial charge in [0.2, 0.25) is 0 Å². The molecule has 0 bridgehead atoms. The van der Waals surface area contributed by atoms with Gasteiger partial charge in [-0.2, -0.15) is 5.10 Å². The third-order valence-electron chi connectivity index (χ3n) is 4.15. The number of aromatic nitrogens is 3. The van der Waals surface area contributed by atoms with Crippen molar-refractivity contribution < 1.29 is 13.6 Å². The topological polar surface area (TPSA) is 54.3 Å². The molecule has 28 heavy (non-hydrogen) atoms. The molecule has 0 radical (unpaired) electrons. The molecule has 0 aliphatic rings. The van der Waals surface area contributed by atoms with Gasteiger partial charge in [0, 0.05) is 31.4 Å². The Morgan fingerprint density at radius 1 is 1.21 bits per heavy atom. The lowest BCUT2D eigenvalue weighted by molar-refractivity contribution is 0.0979. The van der Waals surface area contributed by atoms with Crippen LogP contribution < -0.4 is 4.90 Å². The maximum Gasteiger partial charge on any atom is 0.280 e. The minimum absolute atomic E-state index is 0. The van der Waals surface area contributed by atoms with Gasteiger partial charge in [0.05, 0.1) is 4.70 Å². The smallest absolute Gasteiger partial charge is 0.280 e. The molecule has 6 nitrogen and oxygen atoms in total. The largest absolute Gasteiger partial charge is 0.308 e. The Morgan fingerprint density at radius 3 is 2.54 bits per heavy atom. The van der Waals surface area contributed by atoms with Crippen molar-refractivity contribution in [2.45, 2.75) is 20.4 Å². The predicted octanol–water partition coefficient (Wildman–Crippen LogP) is 3.73. The van der Waals surface area contributed by atoms with Gasteiger partial charge in [-0.05, 0) is 40.1 Å². The number of carbonyl (C=O) groups excluding carboxylic acids is 1. The summed E-state index contributed by atoms with van der Waals surface area (Å²) < 4.78 is 29.7. The Morgan fingerprint density at radius 2 is 1.93 bits per heavy atom. The van der Waals surface area contributed by atoms with Gasteiger partial charge in [-0.1, -0.05) is 11.3 Å². The summed E-state index contributed by atoms with van der Waals surface area (Å²) in [5.41, 5.74) is 1.25. The Hall–Kier alpha value is -2.10. The summed E-state index contributed by atoms with van der Waals surface area (Å²) in [6.07, 6.45) is 0. The number of likely N-dealkylation sites (N-methyl/N-ethyl adjacent to an activating group) is 1. The van der Waals surface area contributed by atoms with Crippen molar-refractivity contribution in [3.63, 3.8) is 0 Å². The van der Waals surface area contributed by atoms with Crippen molar-refractivity contribution in [3.8, 4) is 0 Å². The van der Waals surface area contributed by atoms with Crippen LogP contribution in [0.1, 0.15) is 23.1 Å². The predicted molar refractivity (Wildman–Crippen MR) is 110 cm³/mol. The molecule has 1 amide bonds. The second-order valence-electron chi connectivity index (χ2n) is 6.48. The first-order valence-corrected chi connectivity index (χ1v) is 9.38. The van der Waals surface area contributed by atoms with E-state index in [4.69, 9.17) is 0 Å². The highest BCUT2D eigenvalue weighted by molar-refractivity contribution is 7.22. The van der Waals surface area contributed by atoms with Crippen LogP contribution in [0.5, 0.6) is 0 Å². The van der Waals surface area contributed by atoms with Crippen molar-refractivity contribution in [1.29, 1.82) is 0 Å². The SMILES string of the molecule is CCn1nc(C(=O)N(CCN(C)C)c2nc3c(F)cc(F)cc3s2)cc1C.Cl. The number of anilines is 1. The molecular weight excluding hydrogens is 408 g/mol. The van der Waals surface area contributed by atoms with Crippen LogP contribution in [0.2, 0.25) is 0 Å². The summed E-state index contributed by atoms with van der Waals surface area (Å²) in [4.78, 5) is 20.8. The van der Waals surface area contributed by atoms with E-state index >= 15 is 0 Å². The summed E-state index contributed by atoms with van der Waals surface area (Å²) in [5.74, 6) is -1.72. The summed E-state index contributed by atoms with van der Waals surface area (Å²) in [5, 5.41) is 4.67. The molecule has 1 aromatic carbocycles. The van der Waals surface area contributed by atoms with Crippen LogP contribution in [-0.4, -0.2) is 52.8 Å². The Balaban J connectivity index is 0.00000280. The van der Waals surface area contributed by atoms with Crippen molar-refractivity contribution in [1.82, 2.24) is 19.7 Å². The molecule has 0 aliphatic heterocycles. The van der Waals surface area contributed by atoms with Gasteiger partial charge in [-0.3, -0.25) is 14.4 Å². The molecule has 0 N–H and O–H groups in total. The molecule has 2 aromatic heterocycles. The minimum Gasteiger partial charge on any atom is -0.308 e. The normalized spacial score (nSPS) is 11.1. The first kappa shape index (κ1) is 22.2. The van der Waals surface area contributed by atoms with Gasteiger partial charge in [-0.25, -0.2) is 13.8 Å². The zero-order valence-electron chi connectivity index (χ0n) is 16.1. The number of halogens is 3. The van der Waals surface area contributed by atoms with Crippen LogP contribution in [0.15, 0.2) is 18.2 Å². The van der Waals surface area contributed by atoms with E-state index in [1.54, 1.807) is 10.7 Å². The van der Waals surface area contributed by atoms with Crippen LogP contribution in [0.4, 0.5) is 13.9 Å². The number of aryl methyl sites for hydroxylation is 2. The second kappa shape index (κ2) is 8.93. The first-order valence-electron chi connectivity index (χ1n) is 8.56. The molecule has 0 saturated heterocycles. The minimum atomic E-state index is -0.737. The van der Waals surface area contributed by atoms with Gasteiger partial charge in [0.1, 0.15) is 11.3 Å². The first-order chi connectivity index (χ1) is 12.8. The summed E-state index contributed by atoms with van der Waals surface area (Å²) >= 11 is 1.09. The summed E-state index contributed by atoms with van der Waals surface area (Å²) in [6, 6.07) is 3.75. The third-order valence-corrected chi connectivity index (χ3v) is 5.17. The van der Waals surface area contributed by atoms with E-state index in [1.807, 2.05) is 32.8 Å². The maximum atomic E-state index is 14.0. The van der Waals surface area contributed by atoms with Crippen LogP contribution in [0.3, 0.4) is 0 Å². The van der Waals surface area contributed by atoms with E-state index in [-0.39, 0.29) is 23.8 Å². The number of fused-ring (bicyclic) bond motifs is 1. The monoisotopic (exact) mass is 429 g/mol. The molecule has 0 fully saturated rings. The van der Waals surface area contributed by atoms with Crippen LogP contribution in [-0.2, 0) is 6.54 Å². The number of hydrogen-bond acceptors (Lipinski definition) is 5. The molecule has 3 aromatic rings. The lowest BCUT2D eigenvalue weighted by atomic mass is 10.3. The highest BCUT2D eigenvalue weighted by Crippen LogP contribution is 2.31. The molecular formula is C18H22ClF2N5OS. The molecule has 152 valence electrons. The van der Waals surface area contributed by atoms with Gasteiger partial charge < -0.3 is 4.90 Å². The fraction of sp³-hybridized carbons (Fsp3) is 0.389. The zero-order chi connectivity index (χ0) is 19.7. The number of hydrogen-bond donors (Lipinski definition) is 0. The zero-order valence-corrected chi connectivity index (χ0v) is 17.7. The highest BCUT2D eigenvalue weighted by Gasteiger charge is 2.25. The third kappa shape index (κ3) is 4.48. The van der Waals surface area contributed by atoms with Gasteiger partial charge in [0.15, 0.2) is 16.6 Å². The lowest BCUT2D eigenvalue weighted by Crippen LogP contribution is -2.37. The Labute approximate surface area is 172 Å². The van der Waals surface area contributed by atoms with Gasteiger partial charge in [0.25, 0.3) is 5.91 Å². The van der Waals surface area contributed by atoms with E-state index in [0.29, 0.717) is 35.2 Å². The number of nitrogens with zero attached hydrogens (tertiary/aromatic N) is 5. The Bertz CT molecular complexity index is 988. The van der Waals surface area contributed by atoms with Crippen LogP contribution >= 0.6 is 23.7 Å². The van der Waals surface area contributed by atoms with E-state index < -0.39 is 11.6 Å². The maximum absolute atomic E-state index is 14.0. The molecule has 0 spiro atoms. The van der Waals surface area contributed by atoms with Crippen LogP contribution in [0, 0.1) is 18.6 Å². The molecule has 10 heteroatoms. The number of thiazole rings is 1. The summed E-state index contributed by atoms with van der Waals surface area (Å²) in [7, 11) is 3.79. The van der Waals surface area contributed by atoms with E-state index in [0.717, 1.165) is 23.1 Å². The number of rotatable bonds is 6. The van der Waals surface area contributed by atoms with Crippen molar-refractivity contribution in [3.05, 3.63) is 41.2 Å². The van der Waals surface area contributed by atoms with E-state index in [1.165, 1.54) is 11.0 Å². The fourth-order valence-electron chi connectivity index (χ4n) is 2.72. The standard InChI is InChI=1S/C18H21F2N5OS.ClH/c1-5-25-11(2)8-14(22-25)17(26)24(7-6-23(3)4)18-21-16-13(20)9-12(19)10-15(16)27-18;/h8-10H,5-7H2,1-4H3;1H. The Kier molecular flexibility index (Phi) is 7.08. The van der Waals surface area contributed by atoms with Gasteiger partial charge in [-0.15, -0.1) is 12.4 Å².